The van der Waals surface area contributed by atoms with Crippen molar-refractivity contribution < 1.29 is 4.79 Å². The molecule has 0 fully saturated rings. The van der Waals surface area contributed by atoms with Gasteiger partial charge in [-0.1, -0.05) is 66.7 Å². The molecule has 1 atom stereocenters. The number of amides is 2. The minimum absolute atomic E-state index is 0.0969. The van der Waals surface area contributed by atoms with Crippen molar-refractivity contribution in [1.82, 2.24) is 15.5 Å². The van der Waals surface area contributed by atoms with Crippen LogP contribution in [0.25, 0.3) is 0 Å². The lowest BCUT2D eigenvalue weighted by atomic mass is 9.96. The monoisotopic (exact) mass is 456 g/mol. The minimum Gasteiger partial charge on any atom is -0.378 e. The summed E-state index contributed by atoms with van der Waals surface area (Å²) in [6, 6.07) is 27.8. The first-order chi connectivity index (χ1) is 16.6. The number of fused-ring (bicyclic) bond motifs is 1. The molecule has 3 aromatic rings. The standard InChI is InChI=1S/C29H36N4O/c1-32(2)27-16-14-25(15-17-27)28(33-20-18-24-12-6-7-13-26(24)22-33)21-31-29(34)30-19-8-11-23-9-4-3-5-10-23/h3-7,9-10,12-17,28H,8,11,18-22H2,1-2H3,(H2,30,31,34). The Bertz CT molecular complexity index is 1050. The summed E-state index contributed by atoms with van der Waals surface area (Å²) in [5, 5.41) is 6.16. The van der Waals surface area contributed by atoms with Crippen molar-refractivity contribution in [1.29, 1.82) is 0 Å². The number of benzene rings is 3. The number of hydrogen-bond donors (Lipinski definition) is 2. The average Bonchev–Trinajstić information content (AvgIpc) is 2.87. The van der Waals surface area contributed by atoms with Crippen molar-refractivity contribution in [3.63, 3.8) is 0 Å². The molecule has 4 rings (SSSR count). The fraction of sp³-hybridized carbons (Fsp3) is 0.345. The smallest absolute Gasteiger partial charge is 0.314 e. The van der Waals surface area contributed by atoms with Crippen LogP contribution in [0.2, 0.25) is 0 Å². The van der Waals surface area contributed by atoms with Gasteiger partial charge in [0.15, 0.2) is 0 Å². The van der Waals surface area contributed by atoms with Crippen molar-refractivity contribution in [2.24, 2.45) is 0 Å². The number of anilines is 1. The fourth-order valence-electron chi connectivity index (χ4n) is 4.63. The number of aryl methyl sites for hydroxylation is 1. The molecule has 34 heavy (non-hydrogen) atoms. The highest BCUT2D eigenvalue weighted by molar-refractivity contribution is 5.73. The van der Waals surface area contributed by atoms with Crippen molar-refractivity contribution in [2.75, 3.05) is 38.6 Å². The normalized spacial score (nSPS) is 14.2. The van der Waals surface area contributed by atoms with Crippen LogP contribution in [0.15, 0.2) is 78.9 Å². The van der Waals surface area contributed by atoms with Crippen LogP contribution in [0.3, 0.4) is 0 Å². The first kappa shape index (κ1) is 23.8. The molecule has 2 amide bonds. The van der Waals surface area contributed by atoms with Crippen LogP contribution in [0, 0.1) is 0 Å². The molecule has 2 N–H and O–H groups in total. The Kier molecular flexibility index (Phi) is 8.21. The van der Waals surface area contributed by atoms with E-state index in [1.807, 2.05) is 6.07 Å². The van der Waals surface area contributed by atoms with E-state index in [9.17, 15) is 4.79 Å². The number of rotatable bonds is 9. The molecule has 0 saturated carbocycles. The van der Waals surface area contributed by atoms with Crippen LogP contribution in [-0.4, -0.2) is 44.7 Å². The maximum Gasteiger partial charge on any atom is 0.314 e. The molecule has 0 aliphatic carbocycles. The van der Waals surface area contributed by atoms with Crippen molar-refractivity contribution in [2.45, 2.75) is 31.8 Å². The van der Waals surface area contributed by atoms with Gasteiger partial charge in [-0.3, -0.25) is 4.90 Å². The van der Waals surface area contributed by atoms with Crippen LogP contribution < -0.4 is 15.5 Å². The van der Waals surface area contributed by atoms with E-state index in [4.69, 9.17) is 0 Å². The summed E-state index contributed by atoms with van der Waals surface area (Å²) in [5.74, 6) is 0. The second-order valence-corrected chi connectivity index (χ2v) is 9.22. The first-order valence-electron chi connectivity index (χ1n) is 12.2. The Morgan fingerprint density at radius 2 is 1.62 bits per heavy atom. The van der Waals surface area contributed by atoms with Gasteiger partial charge in [-0.25, -0.2) is 4.79 Å². The van der Waals surface area contributed by atoms with E-state index in [1.165, 1.54) is 27.9 Å². The third-order valence-corrected chi connectivity index (χ3v) is 6.62. The number of nitrogens with zero attached hydrogens (tertiary/aromatic N) is 2. The molecule has 5 heteroatoms. The molecule has 0 saturated heterocycles. The molecule has 1 unspecified atom stereocenters. The van der Waals surface area contributed by atoms with E-state index in [2.05, 4.69) is 107 Å². The van der Waals surface area contributed by atoms with Gasteiger partial charge in [0.1, 0.15) is 0 Å². The van der Waals surface area contributed by atoms with Gasteiger partial charge in [0.05, 0.1) is 6.04 Å². The summed E-state index contributed by atoms with van der Waals surface area (Å²) in [6.45, 7) is 3.13. The first-order valence-corrected chi connectivity index (χ1v) is 12.2. The molecule has 3 aromatic carbocycles. The largest absolute Gasteiger partial charge is 0.378 e. The van der Waals surface area contributed by atoms with Gasteiger partial charge in [-0.2, -0.15) is 0 Å². The lowest BCUT2D eigenvalue weighted by Crippen LogP contribution is -2.43. The summed E-state index contributed by atoms with van der Waals surface area (Å²) in [4.78, 5) is 17.2. The molecule has 0 radical (unpaired) electrons. The molecular weight excluding hydrogens is 420 g/mol. The summed E-state index contributed by atoms with van der Waals surface area (Å²) in [7, 11) is 4.11. The molecule has 5 nitrogen and oxygen atoms in total. The van der Waals surface area contributed by atoms with E-state index in [0.717, 1.165) is 32.4 Å². The van der Waals surface area contributed by atoms with Gasteiger partial charge in [-0.15, -0.1) is 0 Å². The lowest BCUT2D eigenvalue weighted by Gasteiger charge is -2.36. The summed E-state index contributed by atoms with van der Waals surface area (Å²) >= 11 is 0. The third-order valence-electron chi connectivity index (χ3n) is 6.62. The van der Waals surface area contributed by atoms with E-state index < -0.39 is 0 Å². The molecule has 178 valence electrons. The maximum absolute atomic E-state index is 12.6. The van der Waals surface area contributed by atoms with E-state index >= 15 is 0 Å². The van der Waals surface area contributed by atoms with Crippen LogP contribution in [-0.2, 0) is 19.4 Å². The van der Waals surface area contributed by atoms with Gasteiger partial charge in [0, 0.05) is 46.0 Å². The number of carbonyl (C=O) groups is 1. The summed E-state index contributed by atoms with van der Waals surface area (Å²) in [5.41, 5.74) is 6.53. The van der Waals surface area contributed by atoms with E-state index in [1.54, 1.807) is 0 Å². The van der Waals surface area contributed by atoms with Gasteiger partial charge in [0.25, 0.3) is 0 Å². The predicted molar refractivity (Wildman–Crippen MR) is 140 cm³/mol. The van der Waals surface area contributed by atoms with Gasteiger partial charge < -0.3 is 15.5 Å². The Labute approximate surface area is 203 Å². The zero-order chi connectivity index (χ0) is 23.8. The second-order valence-electron chi connectivity index (χ2n) is 9.22. The van der Waals surface area contributed by atoms with E-state index in [-0.39, 0.29) is 12.1 Å². The highest BCUT2D eigenvalue weighted by atomic mass is 16.2. The molecular formula is C29H36N4O. The van der Waals surface area contributed by atoms with Gasteiger partial charge in [-0.05, 0) is 53.6 Å². The third kappa shape index (κ3) is 6.39. The van der Waals surface area contributed by atoms with Crippen LogP contribution in [0.5, 0.6) is 0 Å². The molecule has 1 aliphatic heterocycles. The topological polar surface area (TPSA) is 47.6 Å². The molecule has 0 bridgehead atoms. The molecule has 1 heterocycles. The van der Waals surface area contributed by atoms with Crippen molar-refractivity contribution >= 4 is 11.7 Å². The second kappa shape index (κ2) is 11.7. The average molecular weight is 457 g/mol. The van der Waals surface area contributed by atoms with Gasteiger partial charge >= 0.3 is 6.03 Å². The Balaban J connectivity index is 1.36. The zero-order valence-electron chi connectivity index (χ0n) is 20.3. The number of hydrogen-bond acceptors (Lipinski definition) is 3. The Morgan fingerprint density at radius 1 is 0.912 bits per heavy atom. The predicted octanol–water partition coefficient (Wildman–Crippen LogP) is 4.78. The number of nitrogens with one attached hydrogen (secondary N) is 2. The SMILES string of the molecule is CN(C)c1ccc(C(CNC(=O)NCCCc2ccccc2)N2CCc3ccccc3C2)cc1. The molecule has 0 spiro atoms. The quantitative estimate of drug-likeness (QED) is 0.456. The Morgan fingerprint density at radius 3 is 2.35 bits per heavy atom. The summed E-state index contributed by atoms with van der Waals surface area (Å²) in [6.07, 6.45) is 2.93. The summed E-state index contributed by atoms with van der Waals surface area (Å²) < 4.78 is 0. The molecule has 1 aliphatic rings. The van der Waals surface area contributed by atoms with E-state index in [0.29, 0.717) is 13.1 Å². The zero-order valence-corrected chi connectivity index (χ0v) is 20.3. The fourth-order valence-corrected chi connectivity index (χ4v) is 4.63. The number of urea groups is 1. The van der Waals surface area contributed by atoms with Crippen LogP contribution >= 0.6 is 0 Å². The van der Waals surface area contributed by atoms with Gasteiger partial charge in [0.2, 0.25) is 0 Å². The Hall–Kier alpha value is -3.31. The highest BCUT2D eigenvalue weighted by Crippen LogP contribution is 2.28. The highest BCUT2D eigenvalue weighted by Gasteiger charge is 2.25. The van der Waals surface area contributed by atoms with Crippen LogP contribution in [0.1, 0.15) is 34.7 Å². The minimum atomic E-state index is -0.0969. The number of carbonyl (C=O) groups excluding carboxylic acids is 1. The maximum atomic E-state index is 12.6. The molecule has 0 aromatic heterocycles. The van der Waals surface area contributed by atoms with Crippen LogP contribution in [0.4, 0.5) is 10.5 Å². The van der Waals surface area contributed by atoms with Crippen molar-refractivity contribution in [3.05, 3.63) is 101 Å². The lowest BCUT2D eigenvalue weighted by molar-refractivity contribution is 0.174. The van der Waals surface area contributed by atoms with Crippen molar-refractivity contribution in [3.8, 4) is 0 Å².